The third-order valence-corrected chi connectivity index (χ3v) is 2.13. The number of hydrogen-bond acceptors (Lipinski definition) is 2. The second-order valence-corrected chi connectivity index (χ2v) is 3.15. The van der Waals surface area contributed by atoms with Gasteiger partial charge in [0.25, 0.3) is 0 Å². The van der Waals surface area contributed by atoms with Gasteiger partial charge >= 0.3 is 0 Å². The Bertz CT molecular complexity index is 94.9. The van der Waals surface area contributed by atoms with Crippen LogP contribution in [-0.2, 0) is 0 Å². The standard InChI is InChI=1S/C7H15NO/c1-5-2-3-6(8)7(9)4-5/h5-7,9H,2-4,8H2,1H3/t5-,6+,7?/m1/s1. The summed E-state index contributed by atoms with van der Waals surface area (Å²) in [6.07, 6.45) is 2.82. The van der Waals surface area contributed by atoms with Crippen molar-refractivity contribution in [1.29, 1.82) is 0 Å². The van der Waals surface area contributed by atoms with E-state index < -0.39 is 0 Å². The van der Waals surface area contributed by atoms with Crippen LogP contribution in [0.4, 0.5) is 0 Å². The van der Waals surface area contributed by atoms with E-state index in [1.807, 2.05) is 0 Å². The lowest BCUT2D eigenvalue weighted by atomic mass is 9.86. The summed E-state index contributed by atoms with van der Waals surface area (Å²) >= 11 is 0. The zero-order valence-electron chi connectivity index (χ0n) is 5.88. The molecule has 0 aromatic rings. The van der Waals surface area contributed by atoms with Gasteiger partial charge in [0.1, 0.15) is 0 Å². The summed E-state index contributed by atoms with van der Waals surface area (Å²) in [7, 11) is 0. The van der Waals surface area contributed by atoms with Gasteiger partial charge in [0, 0.05) is 6.04 Å². The molecule has 3 atom stereocenters. The lowest BCUT2D eigenvalue weighted by Gasteiger charge is -2.28. The SMILES string of the molecule is C[C@@H]1CC[C@H](N)C(O)C1. The van der Waals surface area contributed by atoms with E-state index in [4.69, 9.17) is 5.73 Å². The summed E-state index contributed by atoms with van der Waals surface area (Å²) in [6, 6.07) is 0.0428. The molecule has 54 valence electrons. The van der Waals surface area contributed by atoms with Crippen molar-refractivity contribution in [2.75, 3.05) is 0 Å². The molecule has 0 radical (unpaired) electrons. The van der Waals surface area contributed by atoms with E-state index >= 15 is 0 Å². The van der Waals surface area contributed by atoms with Gasteiger partial charge in [0.2, 0.25) is 0 Å². The summed E-state index contributed by atoms with van der Waals surface area (Å²) in [5, 5.41) is 9.22. The third-order valence-electron chi connectivity index (χ3n) is 2.13. The first-order chi connectivity index (χ1) is 4.20. The first kappa shape index (κ1) is 7.03. The molecule has 0 aliphatic heterocycles. The van der Waals surface area contributed by atoms with Crippen molar-refractivity contribution in [3.05, 3.63) is 0 Å². The maximum Gasteiger partial charge on any atom is 0.0693 e. The van der Waals surface area contributed by atoms with Gasteiger partial charge in [-0.2, -0.15) is 0 Å². The fourth-order valence-electron chi connectivity index (χ4n) is 1.37. The van der Waals surface area contributed by atoms with Gasteiger partial charge < -0.3 is 10.8 Å². The van der Waals surface area contributed by atoms with E-state index in [1.54, 1.807) is 0 Å². The monoisotopic (exact) mass is 129 g/mol. The zero-order valence-corrected chi connectivity index (χ0v) is 5.88. The summed E-state index contributed by atoms with van der Waals surface area (Å²) in [6.45, 7) is 2.16. The van der Waals surface area contributed by atoms with Crippen molar-refractivity contribution < 1.29 is 5.11 Å². The fourth-order valence-corrected chi connectivity index (χ4v) is 1.37. The van der Waals surface area contributed by atoms with E-state index in [0.29, 0.717) is 5.92 Å². The molecule has 1 saturated carbocycles. The van der Waals surface area contributed by atoms with Crippen LogP contribution in [0.2, 0.25) is 0 Å². The van der Waals surface area contributed by atoms with Crippen LogP contribution < -0.4 is 5.73 Å². The Morgan fingerprint density at radius 3 is 2.56 bits per heavy atom. The van der Waals surface area contributed by atoms with Gasteiger partial charge in [-0.1, -0.05) is 6.92 Å². The summed E-state index contributed by atoms with van der Waals surface area (Å²) < 4.78 is 0. The Kier molecular flexibility index (Phi) is 2.09. The Morgan fingerprint density at radius 1 is 1.44 bits per heavy atom. The highest BCUT2D eigenvalue weighted by molar-refractivity contribution is 4.79. The van der Waals surface area contributed by atoms with Gasteiger partial charge in [-0.3, -0.25) is 0 Å². The molecule has 1 aliphatic carbocycles. The fraction of sp³-hybridized carbons (Fsp3) is 1.00. The van der Waals surface area contributed by atoms with Crippen LogP contribution in [0, 0.1) is 5.92 Å². The van der Waals surface area contributed by atoms with Crippen LogP contribution in [0.1, 0.15) is 26.2 Å². The van der Waals surface area contributed by atoms with Crippen LogP contribution in [0.15, 0.2) is 0 Å². The average Bonchev–Trinajstić information content (AvgIpc) is 1.80. The zero-order chi connectivity index (χ0) is 6.85. The lowest BCUT2D eigenvalue weighted by Crippen LogP contribution is -2.39. The highest BCUT2D eigenvalue weighted by atomic mass is 16.3. The van der Waals surface area contributed by atoms with Crippen molar-refractivity contribution in [3.63, 3.8) is 0 Å². The third kappa shape index (κ3) is 1.66. The minimum Gasteiger partial charge on any atom is -0.392 e. The minimum atomic E-state index is -0.242. The molecule has 1 fully saturated rings. The van der Waals surface area contributed by atoms with Gasteiger partial charge in [-0.25, -0.2) is 0 Å². The first-order valence-corrected chi connectivity index (χ1v) is 3.64. The Balaban J connectivity index is 2.35. The van der Waals surface area contributed by atoms with Crippen LogP contribution in [0.3, 0.4) is 0 Å². The topological polar surface area (TPSA) is 46.2 Å². The van der Waals surface area contributed by atoms with E-state index in [1.165, 1.54) is 6.42 Å². The largest absolute Gasteiger partial charge is 0.392 e. The molecule has 1 rings (SSSR count). The minimum absolute atomic E-state index is 0.0428. The molecular formula is C7H15NO. The molecule has 1 unspecified atom stereocenters. The molecule has 2 heteroatoms. The van der Waals surface area contributed by atoms with Crippen LogP contribution in [-0.4, -0.2) is 17.3 Å². The predicted octanol–water partition coefficient (Wildman–Crippen LogP) is 0.495. The van der Waals surface area contributed by atoms with Crippen molar-refractivity contribution in [2.45, 2.75) is 38.3 Å². The molecule has 0 saturated heterocycles. The van der Waals surface area contributed by atoms with Crippen LogP contribution in [0.25, 0.3) is 0 Å². The highest BCUT2D eigenvalue weighted by Crippen LogP contribution is 2.22. The summed E-state index contributed by atoms with van der Waals surface area (Å²) in [5.41, 5.74) is 5.59. The van der Waals surface area contributed by atoms with Crippen LogP contribution >= 0.6 is 0 Å². The summed E-state index contributed by atoms with van der Waals surface area (Å²) in [4.78, 5) is 0. The molecule has 1 aliphatic rings. The molecule has 0 heterocycles. The Labute approximate surface area is 56.1 Å². The Morgan fingerprint density at radius 2 is 2.11 bits per heavy atom. The van der Waals surface area contributed by atoms with Crippen molar-refractivity contribution >= 4 is 0 Å². The molecule has 2 nitrogen and oxygen atoms in total. The van der Waals surface area contributed by atoms with Gasteiger partial charge in [-0.05, 0) is 25.2 Å². The maximum absolute atomic E-state index is 9.22. The number of nitrogens with two attached hydrogens (primary N) is 1. The van der Waals surface area contributed by atoms with Crippen LogP contribution in [0.5, 0.6) is 0 Å². The molecular weight excluding hydrogens is 114 g/mol. The lowest BCUT2D eigenvalue weighted by molar-refractivity contribution is 0.0856. The number of rotatable bonds is 0. The molecule has 3 N–H and O–H groups in total. The molecule has 0 aromatic heterocycles. The molecule has 9 heavy (non-hydrogen) atoms. The van der Waals surface area contributed by atoms with E-state index in [9.17, 15) is 5.11 Å². The molecule has 0 aromatic carbocycles. The Hall–Kier alpha value is -0.0800. The van der Waals surface area contributed by atoms with E-state index in [2.05, 4.69) is 6.92 Å². The smallest absolute Gasteiger partial charge is 0.0693 e. The normalized spacial score (nSPS) is 45.0. The van der Waals surface area contributed by atoms with Gasteiger partial charge in [0.05, 0.1) is 6.10 Å². The number of aliphatic hydroxyl groups is 1. The predicted molar refractivity (Wildman–Crippen MR) is 37.0 cm³/mol. The molecule has 0 spiro atoms. The molecule has 0 amide bonds. The second-order valence-electron chi connectivity index (χ2n) is 3.15. The van der Waals surface area contributed by atoms with Crippen molar-refractivity contribution in [1.82, 2.24) is 0 Å². The quantitative estimate of drug-likeness (QED) is 0.500. The summed E-state index contributed by atoms with van der Waals surface area (Å²) in [5.74, 6) is 0.666. The maximum atomic E-state index is 9.22. The second kappa shape index (κ2) is 2.67. The number of hydrogen-bond donors (Lipinski definition) is 2. The average molecular weight is 129 g/mol. The number of aliphatic hydroxyl groups excluding tert-OH is 1. The van der Waals surface area contributed by atoms with Crippen molar-refractivity contribution in [2.24, 2.45) is 11.7 Å². The van der Waals surface area contributed by atoms with Gasteiger partial charge in [-0.15, -0.1) is 0 Å². The first-order valence-electron chi connectivity index (χ1n) is 3.64. The van der Waals surface area contributed by atoms with E-state index in [-0.39, 0.29) is 12.1 Å². The van der Waals surface area contributed by atoms with Gasteiger partial charge in [0.15, 0.2) is 0 Å². The van der Waals surface area contributed by atoms with Crippen molar-refractivity contribution in [3.8, 4) is 0 Å². The molecule has 0 bridgehead atoms. The highest BCUT2D eigenvalue weighted by Gasteiger charge is 2.23. The van der Waals surface area contributed by atoms with E-state index in [0.717, 1.165) is 12.8 Å².